The van der Waals surface area contributed by atoms with E-state index in [1.807, 2.05) is 0 Å². The summed E-state index contributed by atoms with van der Waals surface area (Å²) in [6.45, 7) is 6.17. The van der Waals surface area contributed by atoms with Crippen molar-refractivity contribution in [1.82, 2.24) is 4.98 Å². The van der Waals surface area contributed by atoms with Crippen molar-refractivity contribution in [2.24, 2.45) is 0 Å². The van der Waals surface area contributed by atoms with E-state index in [0.717, 1.165) is 23.3 Å². The molecule has 3 aromatic rings. The molecule has 0 aliphatic carbocycles. The van der Waals surface area contributed by atoms with Crippen LogP contribution in [-0.4, -0.2) is 11.5 Å². The van der Waals surface area contributed by atoms with Crippen LogP contribution in [-0.2, 0) is 6.54 Å². The van der Waals surface area contributed by atoms with Crippen LogP contribution >= 0.6 is 11.3 Å². The number of nitrogen functional groups attached to an aromatic ring is 1. The molecule has 0 bridgehead atoms. The standard InChI is InChI=1S/C17H19N3S/c1-3-20(14-7-4-12(2)5-8-14)11-13-6-9-15-16(10-13)21-17(18)19-15/h4-10H,3,11H2,1-2H3,(H2,18,19). The van der Waals surface area contributed by atoms with Crippen LogP contribution in [0.15, 0.2) is 42.5 Å². The number of thiazole rings is 1. The molecule has 1 aromatic heterocycles. The van der Waals surface area contributed by atoms with E-state index in [9.17, 15) is 0 Å². The van der Waals surface area contributed by atoms with Crippen molar-refractivity contribution in [1.29, 1.82) is 0 Å². The van der Waals surface area contributed by atoms with Crippen LogP contribution in [0.5, 0.6) is 0 Å². The number of fused-ring (bicyclic) bond motifs is 1. The van der Waals surface area contributed by atoms with Gasteiger partial charge in [-0.25, -0.2) is 4.98 Å². The molecule has 21 heavy (non-hydrogen) atoms. The number of hydrogen-bond acceptors (Lipinski definition) is 4. The Morgan fingerprint density at radius 2 is 1.90 bits per heavy atom. The van der Waals surface area contributed by atoms with Crippen molar-refractivity contribution in [2.75, 3.05) is 17.2 Å². The van der Waals surface area contributed by atoms with E-state index in [0.29, 0.717) is 5.13 Å². The molecule has 0 aliphatic rings. The van der Waals surface area contributed by atoms with Gasteiger partial charge in [-0.15, -0.1) is 0 Å². The fourth-order valence-corrected chi connectivity index (χ4v) is 3.24. The molecule has 108 valence electrons. The van der Waals surface area contributed by atoms with Gasteiger partial charge in [0.15, 0.2) is 5.13 Å². The molecular weight excluding hydrogens is 278 g/mol. The summed E-state index contributed by atoms with van der Waals surface area (Å²) < 4.78 is 1.16. The van der Waals surface area contributed by atoms with Crippen molar-refractivity contribution < 1.29 is 0 Å². The summed E-state index contributed by atoms with van der Waals surface area (Å²) in [7, 11) is 0. The maximum Gasteiger partial charge on any atom is 0.181 e. The molecule has 0 spiro atoms. The van der Waals surface area contributed by atoms with E-state index in [-0.39, 0.29) is 0 Å². The van der Waals surface area contributed by atoms with E-state index < -0.39 is 0 Å². The smallest absolute Gasteiger partial charge is 0.181 e. The topological polar surface area (TPSA) is 42.2 Å². The molecular formula is C17H19N3S. The molecule has 0 amide bonds. The third-order valence-electron chi connectivity index (χ3n) is 3.62. The van der Waals surface area contributed by atoms with Crippen LogP contribution in [0.2, 0.25) is 0 Å². The Bertz CT molecular complexity index is 746. The second-order valence-corrected chi connectivity index (χ2v) is 6.27. The van der Waals surface area contributed by atoms with Crippen molar-refractivity contribution >= 4 is 32.4 Å². The van der Waals surface area contributed by atoms with Crippen LogP contribution in [0, 0.1) is 6.92 Å². The highest BCUT2D eigenvalue weighted by molar-refractivity contribution is 7.22. The number of anilines is 2. The second-order valence-electron chi connectivity index (χ2n) is 5.20. The summed E-state index contributed by atoms with van der Waals surface area (Å²) in [5.41, 5.74) is 10.6. The highest BCUT2D eigenvalue weighted by Crippen LogP contribution is 2.26. The lowest BCUT2D eigenvalue weighted by atomic mass is 10.1. The third-order valence-corrected chi connectivity index (χ3v) is 4.47. The van der Waals surface area contributed by atoms with Gasteiger partial charge in [0.25, 0.3) is 0 Å². The van der Waals surface area contributed by atoms with Gasteiger partial charge >= 0.3 is 0 Å². The van der Waals surface area contributed by atoms with E-state index in [4.69, 9.17) is 5.73 Å². The van der Waals surface area contributed by atoms with Gasteiger partial charge in [-0.3, -0.25) is 0 Å². The van der Waals surface area contributed by atoms with E-state index in [1.54, 1.807) is 11.3 Å². The lowest BCUT2D eigenvalue weighted by Gasteiger charge is -2.23. The summed E-state index contributed by atoms with van der Waals surface area (Å²) in [4.78, 5) is 6.67. The summed E-state index contributed by atoms with van der Waals surface area (Å²) in [6, 6.07) is 15.1. The van der Waals surface area contributed by atoms with Crippen molar-refractivity contribution in [2.45, 2.75) is 20.4 Å². The zero-order chi connectivity index (χ0) is 14.8. The van der Waals surface area contributed by atoms with Crippen molar-refractivity contribution in [3.8, 4) is 0 Å². The van der Waals surface area contributed by atoms with Gasteiger partial charge in [-0.2, -0.15) is 0 Å². The monoisotopic (exact) mass is 297 g/mol. The third kappa shape index (κ3) is 3.00. The summed E-state index contributed by atoms with van der Waals surface area (Å²) in [5.74, 6) is 0. The molecule has 0 radical (unpaired) electrons. The molecule has 0 saturated heterocycles. The lowest BCUT2D eigenvalue weighted by Crippen LogP contribution is -2.21. The first-order valence-corrected chi connectivity index (χ1v) is 7.94. The Balaban J connectivity index is 1.86. The second kappa shape index (κ2) is 5.74. The minimum atomic E-state index is 0.632. The Hall–Kier alpha value is -2.07. The fraction of sp³-hybridized carbons (Fsp3) is 0.235. The number of nitrogens with zero attached hydrogens (tertiary/aromatic N) is 2. The van der Waals surface area contributed by atoms with E-state index in [2.05, 4.69) is 66.2 Å². The Morgan fingerprint density at radius 3 is 2.62 bits per heavy atom. The van der Waals surface area contributed by atoms with Gasteiger partial charge in [-0.1, -0.05) is 35.1 Å². The number of hydrogen-bond donors (Lipinski definition) is 1. The Labute approximate surface area is 129 Å². The number of aromatic nitrogens is 1. The Morgan fingerprint density at radius 1 is 1.14 bits per heavy atom. The maximum absolute atomic E-state index is 5.77. The van der Waals surface area contributed by atoms with Gasteiger partial charge in [0.2, 0.25) is 0 Å². The lowest BCUT2D eigenvalue weighted by molar-refractivity contribution is 0.833. The first-order valence-electron chi connectivity index (χ1n) is 7.12. The minimum Gasteiger partial charge on any atom is -0.375 e. The molecule has 1 heterocycles. The van der Waals surface area contributed by atoms with Gasteiger partial charge in [0, 0.05) is 18.8 Å². The Kier molecular flexibility index (Phi) is 3.80. The SMILES string of the molecule is CCN(Cc1ccc2nc(N)sc2c1)c1ccc(C)cc1. The number of rotatable bonds is 4. The molecule has 2 aromatic carbocycles. The van der Waals surface area contributed by atoms with Crippen LogP contribution < -0.4 is 10.6 Å². The summed E-state index contributed by atoms with van der Waals surface area (Å²) in [5, 5.41) is 0.632. The predicted molar refractivity (Wildman–Crippen MR) is 91.9 cm³/mol. The number of benzene rings is 2. The van der Waals surface area contributed by atoms with Crippen LogP contribution in [0.4, 0.5) is 10.8 Å². The highest BCUT2D eigenvalue weighted by atomic mass is 32.1. The molecule has 2 N–H and O–H groups in total. The fourth-order valence-electron chi connectivity index (χ4n) is 2.45. The molecule has 3 nitrogen and oxygen atoms in total. The van der Waals surface area contributed by atoms with Crippen LogP contribution in [0.1, 0.15) is 18.1 Å². The van der Waals surface area contributed by atoms with Crippen LogP contribution in [0.25, 0.3) is 10.2 Å². The van der Waals surface area contributed by atoms with E-state index >= 15 is 0 Å². The van der Waals surface area contributed by atoms with E-state index in [1.165, 1.54) is 16.8 Å². The maximum atomic E-state index is 5.77. The number of aryl methyl sites for hydroxylation is 1. The quantitative estimate of drug-likeness (QED) is 0.784. The zero-order valence-electron chi connectivity index (χ0n) is 12.3. The molecule has 0 fully saturated rings. The van der Waals surface area contributed by atoms with Gasteiger partial charge in [0.1, 0.15) is 0 Å². The summed E-state index contributed by atoms with van der Waals surface area (Å²) in [6.07, 6.45) is 0. The average molecular weight is 297 g/mol. The van der Waals surface area contributed by atoms with Crippen molar-refractivity contribution in [3.05, 3.63) is 53.6 Å². The molecule has 4 heteroatoms. The van der Waals surface area contributed by atoms with Gasteiger partial charge in [0.05, 0.1) is 10.2 Å². The van der Waals surface area contributed by atoms with Gasteiger partial charge < -0.3 is 10.6 Å². The largest absolute Gasteiger partial charge is 0.375 e. The first kappa shape index (κ1) is 13.9. The highest BCUT2D eigenvalue weighted by Gasteiger charge is 2.07. The van der Waals surface area contributed by atoms with Crippen molar-refractivity contribution in [3.63, 3.8) is 0 Å². The normalized spacial score (nSPS) is 11.0. The van der Waals surface area contributed by atoms with Gasteiger partial charge in [-0.05, 0) is 43.7 Å². The molecule has 0 unspecified atom stereocenters. The number of nitrogens with two attached hydrogens (primary N) is 1. The average Bonchev–Trinajstić information content (AvgIpc) is 2.85. The summed E-state index contributed by atoms with van der Waals surface area (Å²) >= 11 is 1.55. The predicted octanol–water partition coefficient (Wildman–Crippen LogP) is 4.21. The van der Waals surface area contributed by atoms with Crippen LogP contribution in [0.3, 0.4) is 0 Å². The first-order chi connectivity index (χ1) is 10.2. The minimum absolute atomic E-state index is 0.632. The molecule has 0 atom stereocenters. The molecule has 3 rings (SSSR count). The molecule has 0 saturated carbocycles. The molecule has 0 aliphatic heterocycles. The zero-order valence-corrected chi connectivity index (χ0v) is 13.2.